The second-order valence-electron chi connectivity index (χ2n) is 18.1. The third-order valence-electron chi connectivity index (χ3n) is 11.7. The van der Waals surface area contributed by atoms with E-state index in [1.54, 1.807) is 57.5 Å². The Bertz CT molecular complexity index is 2100. The average Bonchev–Trinajstić information content (AvgIpc) is 3.38. The molecule has 0 aliphatic rings. The van der Waals surface area contributed by atoms with Gasteiger partial charge in [0.05, 0.1) is 0 Å². The summed E-state index contributed by atoms with van der Waals surface area (Å²) >= 11 is 0. The number of phenolic OH excluding ortho intramolecular Hbond substituents is 3. The molecule has 432 valence electrons. The number of hydrogen-bond acceptors (Lipinski definition) is 15. The SMILES string of the molecule is CN[C@@H](CCCN=C(N)N)CC(=O)N[C@@H](Cc1ccc(O)cc1)C(N)=O.CN[C@@H](CCCN=C(N)N)CC(=O)N[C@@H](Cc1ccc(O)cc1)C(N)=O.CN[C@@H](CCCN=C(N)N)CC(=O)N[C@@H](Cc1ccc(O)cc1)C(N)=O. The van der Waals surface area contributed by atoms with Crippen molar-refractivity contribution in [3.63, 3.8) is 0 Å². The molecule has 0 spiro atoms. The predicted molar refractivity (Wildman–Crippen MR) is 301 cm³/mol. The van der Waals surface area contributed by atoms with Crippen LogP contribution in [-0.2, 0) is 48.0 Å². The molecule has 3 rings (SSSR count). The van der Waals surface area contributed by atoms with E-state index in [1.165, 1.54) is 36.4 Å². The first kappa shape index (κ1) is 67.6. The van der Waals surface area contributed by atoms with Gasteiger partial charge in [0.15, 0.2) is 17.9 Å². The van der Waals surface area contributed by atoms with Crippen LogP contribution in [0, 0.1) is 0 Å². The van der Waals surface area contributed by atoms with Gasteiger partial charge in [-0.3, -0.25) is 43.7 Å². The van der Waals surface area contributed by atoms with Gasteiger partial charge in [0.1, 0.15) is 35.4 Å². The normalized spacial score (nSPS) is 12.8. The van der Waals surface area contributed by atoms with Crippen LogP contribution in [0.5, 0.6) is 17.2 Å². The molecule has 27 N–H and O–H groups in total. The van der Waals surface area contributed by atoms with E-state index >= 15 is 0 Å². The van der Waals surface area contributed by atoms with E-state index in [1.807, 2.05) is 0 Å². The summed E-state index contributed by atoms with van der Waals surface area (Å²) in [7, 11) is 5.29. The van der Waals surface area contributed by atoms with Crippen LogP contribution in [0.1, 0.15) is 74.5 Å². The number of benzene rings is 3. The van der Waals surface area contributed by atoms with Crippen LogP contribution in [-0.4, -0.2) is 146 Å². The minimum Gasteiger partial charge on any atom is -0.508 e. The van der Waals surface area contributed by atoms with Gasteiger partial charge in [0.2, 0.25) is 35.4 Å². The number of rotatable bonds is 33. The Morgan fingerprint density at radius 3 is 0.795 bits per heavy atom. The molecule has 6 amide bonds. The number of nitrogens with zero attached hydrogens (tertiary/aromatic N) is 3. The number of carbonyl (C=O) groups excluding carboxylic acids is 6. The first-order valence-electron chi connectivity index (χ1n) is 25.2. The van der Waals surface area contributed by atoms with Gasteiger partial charge in [-0.1, -0.05) is 36.4 Å². The predicted octanol–water partition coefficient (Wildman–Crippen LogP) is -3.19. The van der Waals surface area contributed by atoms with E-state index in [-0.39, 0.29) is 109 Å². The first-order chi connectivity index (χ1) is 36.9. The van der Waals surface area contributed by atoms with Crippen molar-refractivity contribution in [2.45, 2.75) is 113 Å². The largest absolute Gasteiger partial charge is 0.508 e. The summed E-state index contributed by atoms with van der Waals surface area (Å²) in [5, 5.41) is 45.1. The van der Waals surface area contributed by atoms with Crippen LogP contribution in [0.15, 0.2) is 87.8 Å². The molecule has 0 aliphatic heterocycles. The van der Waals surface area contributed by atoms with E-state index in [0.29, 0.717) is 38.9 Å². The highest BCUT2D eigenvalue weighted by Gasteiger charge is 2.23. The maximum Gasteiger partial charge on any atom is 0.240 e. The molecule has 0 aromatic heterocycles. The van der Waals surface area contributed by atoms with Crippen LogP contribution in [0.2, 0.25) is 0 Å². The van der Waals surface area contributed by atoms with E-state index in [9.17, 15) is 44.1 Å². The molecule has 3 aromatic carbocycles. The summed E-state index contributed by atoms with van der Waals surface area (Å²) in [6, 6.07) is 16.5. The lowest BCUT2D eigenvalue weighted by atomic mass is 10.0. The van der Waals surface area contributed by atoms with Gasteiger partial charge >= 0.3 is 0 Å². The minimum absolute atomic E-state index is 0.0438. The van der Waals surface area contributed by atoms with Crippen molar-refractivity contribution in [3.8, 4) is 17.2 Å². The van der Waals surface area contributed by atoms with E-state index < -0.39 is 35.8 Å². The number of aromatic hydroxyl groups is 3. The van der Waals surface area contributed by atoms with Gasteiger partial charge < -0.3 is 98.8 Å². The van der Waals surface area contributed by atoms with Gasteiger partial charge in [0.25, 0.3) is 0 Å². The molecule has 0 saturated heterocycles. The third kappa shape index (κ3) is 32.1. The van der Waals surface area contributed by atoms with Crippen molar-refractivity contribution in [1.82, 2.24) is 31.9 Å². The second-order valence-corrected chi connectivity index (χ2v) is 18.1. The maximum atomic E-state index is 12.2. The third-order valence-corrected chi connectivity index (χ3v) is 11.7. The molecule has 27 heteroatoms. The summed E-state index contributed by atoms with van der Waals surface area (Å²) < 4.78 is 0. The number of phenols is 3. The highest BCUT2D eigenvalue weighted by Crippen LogP contribution is 2.15. The van der Waals surface area contributed by atoms with Gasteiger partial charge in [0, 0.05) is 76.3 Å². The number of hydrogen-bond donors (Lipinski definition) is 18. The average molecular weight is 1090 g/mol. The van der Waals surface area contributed by atoms with Gasteiger partial charge in [-0.15, -0.1) is 0 Å². The molecule has 27 nitrogen and oxygen atoms in total. The fourth-order valence-corrected chi connectivity index (χ4v) is 7.39. The molecule has 0 saturated carbocycles. The van der Waals surface area contributed by atoms with Crippen molar-refractivity contribution in [2.75, 3.05) is 40.8 Å². The lowest BCUT2D eigenvalue weighted by molar-refractivity contribution is -0.127. The van der Waals surface area contributed by atoms with E-state index in [4.69, 9.17) is 51.6 Å². The van der Waals surface area contributed by atoms with Gasteiger partial charge in [-0.2, -0.15) is 0 Å². The lowest BCUT2D eigenvalue weighted by Crippen LogP contribution is -2.47. The molecule has 3 aromatic rings. The molecule has 0 radical (unpaired) electrons. The molecule has 0 heterocycles. The number of primary amides is 3. The highest BCUT2D eigenvalue weighted by atomic mass is 16.3. The minimum atomic E-state index is -0.814. The number of amides is 6. The first-order valence-corrected chi connectivity index (χ1v) is 25.2. The van der Waals surface area contributed by atoms with Crippen molar-refractivity contribution in [2.24, 2.45) is 66.6 Å². The lowest BCUT2D eigenvalue weighted by Gasteiger charge is -2.19. The molecule has 0 bridgehead atoms. The Morgan fingerprint density at radius 2 is 0.615 bits per heavy atom. The van der Waals surface area contributed by atoms with Crippen LogP contribution < -0.4 is 83.5 Å². The summed E-state index contributed by atoms with van der Waals surface area (Å²) in [5.74, 6) is -2.12. The van der Waals surface area contributed by atoms with E-state index in [0.717, 1.165) is 36.0 Å². The molecule has 0 fully saturated rings. The summed E-state index contributed by atoms with van der Waals surface area (Å²) in [6.07, 6.45) is 5.70. The molecule has 6 atom stereocenters. The zero-order valence-corrected chi connectivity index (χ0v) is 44.8. The topological polar surface area (TPSA) is 507 Å². The summed E-state index contributed by atoms with van der Waals surface area (Å²) in [6.45, 7) is 1.48. The molecule has 0 unspecified atom stereocenters. The Balaban J connectivity index is 0.000000585. The smallest absolute Gasteiger partial charge is 0.240 e. The van der Waals surface area contributed by atoms with Crippen molar-refractivity contribution < 1.29 is 44.1 Å². The Hall–Kier alpha value is -8.43. The van der Waals surface area contributed by atoms with Crippen LogP contribution in [0.25, 0.3) is 0 Å². The molecular formula is C51H84N18O9. The number of aliphatic imine (C=N–C) groups is 3. The Morgan fingerprint density at radius 1 is 0.397 bits per heavy atom. The zero-order chi connectivity index (χ0) is 58.6. The van der Waals surface area contributed by atoms with E-state index in [2.05, 4.69) is 46.9 Å². The monoisotopic (exact) mass is 1090 g/mol. The molecular weight excluding hydrogens is 1010 g/mol. The number of guanidine groups is 3. The summed E-state index contributed by atoms with van der Waals surface area (Å²) in [5.41, 5.74) is 50.2. The quantitative estimate of drug-likeness (QED) is 0.0162. The van der Waals surface area contributed by atoms with Crippen LogP contribution in [0.4, 0.5) is 0 Å². The fraction of sp³-hybridized carbons (Fsp3) is 0.471. The molecule has 0 aliphatic carbocycles. The standard InChI is InChI=1S/3C17H28N6O3/c3*1-21-12(3-2-8-22-17(19)20)10-15(25)23-14(16(18)26)9-11-4-6-13(24)7-5-11/h3*4-7,12,14,21,24H,2-3,8-10H2,1H3,(H2,18,26)(H,23,25)(H4,19,20,22)/t3*12-,14-/m000/s1. The number of carbonyl (C=O) groups is 6. The Labute approximate surface area is 455 Å². The zero-order valence-electron chi connectivity index (χ0n) is 44.8. The van der Waals surface area contributed by atoms with Crippen molar-refractivity contribution in [1.29, 1.82) is 0 Å². The second kappa shape index (κ2) is 38.2. The fourth-order valence-electron chi connectivity index (χ4n) is 7.39. The molecule has 78 heavy (non-hydrogen) atoms. The Kier molecular flexibility index (Phi) is 33.1. The maximum absolute atomic E-state index is 12.2. The number of nitrogens with two attached hydrogens (primary N) is 9. The summed E-state index contributed by atoms with van der Waals surface area (Å²) in [4.78, 5) is 83.4. The number of nitrogens with one attached hydrogen (secondary N) is 6. The van der Waals surface area contributed by atoms with Gasteiger partial charge in [-0.05, 0) is 113 Å². The van der Waals surface area contributed by atoms with Crippen LogP contribution in [0.3, 0.4) is 0 Å². The van der Waals surface area contributed by atoms with Crippen molar-refractivity contribution >= 4 is 53.3 Å². The highest BCUT2D eigenvalue weighted by molar-refractivity contribution is 5.88. The van der Waals surface area contributed by atoms with Crippen LogP contribution >= 0.6 is 0 Å². The van der Waals surface area contributed by atoms with Gasteiger partial charge in [-0.25, -0.2) is 0 Å². The van der Waals surface area contributed by atoms with Crippen molar-refractivity contribution in [3.05, 3.63) is 89.5 Å².